The molecule has 0 bridgehead atoms. The van der Waals surface area contributed by atoms with E-state index in [1.54, 1.807) is 0 Å². The maximum absolute atomic E-state index is 3.65. The molecule has 0 spiro atoms. The van der Waals surface area contributed by atoms with Crippen LogP contribution in [0.3, 0.4) is 0 Å². The fourth-order valence-corrected chi connectivity index (χ4v) is 4.17. The largest absolute Gasteiger partial charge is 0.353 e. The van der Waals surface area contributed by atoms with Gasteiger partial charge in [0.15, 0.2) is 5.69 Å². The van der Waals surface area contributed by atoms with Gasteiger partial charge in [0.2, 0.25) is 0 Å². The van der Waals surface area contributed by atoms with Crippen LogP contribution in [0.25, 0.3) is 50.5 Å². The molecule has 2 heterocycles. The second kappa shape index (κ2) is 4.95. The minimum absolute atomic E-state index is 1.18. The van der Waals surface area contributed by atoms with Crippen molar-refractivity contribution in [1.82, 2.24) is 9.55 Å². The van der Waals surface area contributed by atoms with E-state index in [9.17, 15) is 0 Å². The number of rotatable bonds is 1. The zero-order valence-corrected chi connectivity index (χ0v) is 14.0. The van der Waals surface area contributed by atoms with E-state index in [1.807, 2.05) is 6.08 Å². The molecular weight excluding hydrogens is 316 g/mol. The van der Waals surface area contributed by atoms with Gasteiger partial charge in [-0.05, 0) is 30.3 Å². The topological polar surface area (TPSA) is 20.7 Å². The first-order valence-corrected chi connectivity index (χ1v) is 8.81. The lowest BCUT2D eigenvalue weighted by atomic mass is 10.0. The van der Waals surface area contributed by atoms with Gasteiger partial charge in [-0.1, -0.05) is 36.4 Å². The molecule has 26 heavy (non-hydrogen) atoms. The molecule has 0 saturated carbocycles. The van der Waals surface area contributed by atoms with Crippen LogP contribution in [0.5, 0.6) is 0 Å². The fraction of sp³-hybridized carbons (Fsp3) is 0. The number of H-pyrrole nitrogens is 1. The average Bonchev–Trinajstić information content (AvgIpc) is 3.24. The second-order valence-corrected chi connectivity index (χ2v) is 6.67. The Bertz CT molecular complexity index is 1360. The van der Waals surface area contributed by atoms with Gasteiger partial charge in [-0.15, -0.1) is 0 Å². The SMILES string of the molecule is [C+]1=Cc2c(n(-c3ccccc3)c3ccc4c5ccccc5[nH]c4c23)C=C1. The molecule has 2 aromatic heterocycles. The number of allylic oxidation sites excluding steroid dienone is 2. The Balaban J connectivity index is 1.85. The molecule has 1 N–H and O–H groups in total. The summed E-state index contributed by atoms with van der Waals surface area (Å²) in [7, 11) is 0. The van der Waals surface area contributed by atoms with E-state index in [2.05, 4.69) is 94.5 Å². The Hall–Kier alpha value is -3.61. The minimum Gasteiger partial charge on any atom is -0.353 e. The Morgan fingerprint density at radius 1 is 0.808 bits per heavy atom. The lowest BCUT2D eigenvalue weighted by Gasteiger charge is -2.06. The van der Waals surface area contributed by atoms with Crippen molar-refractivity contribution in [2.45, 2.75) is 0 Å². The minimum atomic E-state index is 1.18. The summed E-state index contributed by atoms with van der Waals surface area (Å²) in [6.45, 7) is 0. The van der Waals surface area contributed by atoms with Crippen LogP contribution in [0.15, 0.2) is 72.8 Å². The predicted octanol–water partition coefficient (Wildman–Crippen LogP) is 6.11. The molecule has 3 aromatic carbocycles. The van der Waals surface area contributed by atoms with Gasteiger partial charge in [0.1, 0.15) is 17.7 Å². The maximum Gasteiger partial charge on any atom is 0.168 e. The van der Waals surface area contributed by atoms with Crippen LogP contribution < -0.4 is 0 Å². The van der Waals surface area contributed by atoms with Crippen LogP contribution in [0.2, 0.25) is 0 Å². The summed E-state index contributed by atoms with van der Waals surface area (Å²) in [4.78, 5) is 3.65. The van der Waals surface area contributed by atoms with Gasteiger partial charge in [0.25, 0.3) is 0 Å². The highest BCUT2D eigenvalue weighted by atomic mass is 15.0. The maximum atomic E-state index is 3.65. The van der Waals surface area contributed by atoms with Crippen LogP contribution in [0.4, 0.5) is 0 Å². The van der Waals surface area contributed by atoms with Gasteiger partial charge in [-0.25, -0.2) is 0 Å². The number of aromatic amines is 1. The average molecular weight is 331 g/mol. The van der Waals surface area contributed by atoms with Crippen LogP contribution in [-0.2, 0) is 0 Å². The molecule has 0 unspecified atom stereocenters. The van der Waals surface area contributed by atoms with Gasteiger partial charge in [-0.2, -0.15) is 0 Å². The van der Waals surface area contributed by atoms with Crippen molar-refractivity contribution in [3.8, 4) is 5.69 Å². The molecule has 0 saturated heterocycles. The molecule has 5 aromatic rings. The number of hydrogen-bond acceptors (Lipinski definition) is 0. The van der Waals surface area contributed by atoms with Crippen LogP contribution in [0, 0.1) is 6.08 Å². The van der Waals surface area contributed by atoms with Crippen LogP contribution in [-0.4, -0.2) is 9.55 Å². The highest BCUT2D eigenvalue weighted by Gasteiger charge is 2.25. The Labute approximate surface area is 150 Å². The van der Waals surface area contributed by atoms with Gasteiger partial charge in [0.05, 0.1) is 22.5 Å². The second-order valence-electron chi connectivity index (χ2n) is 6.67. The van der Waals surface area contributed by atoms with Crippen molar-refractivity contribution in [1.29, 1.82) is 0 Å². The third-order valence-corrected chi connectivity index (χ3v) is 5.27. The van der Waals surface area contributed by atoms with E-state index in [4.69, 9.17) is 0 Å². The van der Waals surface area contributed by atoms with E-state index in [0.717, 1.165) is 0 Å². The van der Waals surface area contributed by atoms with Crippen molar-refractivity contribution in [2.24, 2.45) is 0 Å². The standard InChI is InChI=1S/C24H15N2/c1-2-8-16(9-3-1)26-21-13-7-5-11-19(21)23-22(26)15-14-18-17-10-4-6-12-20(17)25-24(18)23/h1-4,6-15,25H/q+1. The van der Waals surface area contributed by atoms with Crippen molar-refractivity contribution in [2.75, 3.05) is 0 Å². The smallest absolute Gasteiger partial charge is 0.168 e. The van der Waals surface area contributed by atoms with Crippen molar-refractivity contribution in [3.63, 3.8) is 0 Å². The van der Waals surface area contributed by atoms with Crippen molar-refractivity contribution < 1.29 is 0 Å². The number of nitrogens with one attached hydrogen (secondary N) is 1. The summed E-state index contributed by atoms with van der Waals surface area (Å²) in [6, 6.07) is 23.5. The molecular formula is C24H15N2+. The molecule has 0 fully saturated rings. The lowest BCUT2D eigenvalue weighted by Crippen LogP contribution is -1.97. The Morgan fingerprint density at radius 3 is 2.58 bits per heavy atom. The fourth-order valence-electron chi connectivity index (χ4n) is 4.17. The molecule has 2 heteroatoms. The summed E-state index contributed by atoms with van der Waals surface area (Å²) < 4.78 is 2.34. The summed E-state index contributed by atoms with van der Waals surface area (Å²) in [5.41, 5.74) is 7.19. The number of nitrogens with zero attached hydrogens (tertiary/aromatic N) is 1. The number of fused-ring (bicyclic) bond motifs is 7. The van der Waals surface area contributed by atoms with E-state index in [-0.39, 0.29) is 0 Å². The number of benzene rings is 3. The van der Waals surface area contributed by atoms with Gasteiger partial charge >= 0.3 is 0 Å². The molecule has 0 amide bonds. The molecule has 1 aliphatic rings. The van der Waals surface area contributed by atoms with E-state index in [1.165, 1.54) is 49.7 Å². The number of aromatic nitrogens is 2. The van der Waals surface area contributed by atoms with E-state index < -0.39 is 0 Å². The Kier molecular flexibility index (Phi) is 2.60. The highest BCUT2D eigenvalue weighted by molar-refractivity contribution is 6.19. The summed E-state index contributed by atoms with van der Waals surface area (Å²) >= 11 is 0. The quantitative estimate of drug-likeness (QED) is 0.358. The van der Waals surface area contributed by atoms with Gasteiger partial charge in [0, 0.05) is 28.1 Å². The summed E-state index contributed by atoms with van der Waals surface area (Å²) in [5.74, 6) is 0. The van der Waals surface area contributed by atoms with E-state index in [0.29, 0.717) is 0 Å². The van der Waals surface area contributed by atoms with Crippen molar-refractivity contribution >= 4 is 44.9 Å². The lowest BCUT2D eigenvalue weighted by molar-refractivity contribution is 1.10. The first-order chi connectivity index (χ1) is 12.9. The summed E-state index contributed by atoms with van der Waals surface area (Å²) in [5, 5.41) is 3.79. The van der Waals surface area contributed by atoms with E-state index >= 15 is 0 Å². The highest BCUT2D eigenvalue weighted by Crippen LogP contribution is 2.39. The predicted molar refractivity (Wildman–Crippen MR) is 109 cm³/mol. The van der Waals surface area contributed by atoms with Crippen LogP contribution in [0.1, 0.15) is 11.3 Å². The van der Waals surface area contributed by atoms with Gasteiger partial charge in [-0.3, -0.25) is 4.57 Å². The van der Waals surface area contributed by atoms with Crippen molar-refractivity contribution in [3.05, 3.63) is 90.1 Å². The van der Waals surface area contributed by atoms with Gasteiger partial charge < -0.3 is 4.98 Å². The number of para-hydroxylation sites is 2. The van der Waals surface area contributed by atoms with Crippen LogP contribution >= 0.6 is 0 Å². The summed E-state index contributed by atoms with van der Waals surface area (Å²) in [6.07, 6.45) is 9.50. The zero-order valence-electron chi connectivity index (χ0n) is 14.0. The Morgan fingerprint density at radius 2 is 1.65 bits per heavy atom. The number of hydrogen-bond donors (Lipinski definition) is 1. The molecule has 0 atom stereocenters. The molecule has 6 rings (SSSR count). The normalized spacial score (nSPS) is 12.8. The first-order valence-electron chi connectivity index (χ1n) is 8.81. The molecule has 0 aliphatic heterocycles. The first kappa shape index (κ1) is 13.7. The molecule has 120 valence electrons. The monoisotopic (exact) mass is 331 g/mol. The third-order valence-electron chi connectivity index (χ3n) is 5.27. The zero-order chi connectivity index (χ0) is 17.1. The molecule has 1 aliphatic carbocycles. The third kappa shape index (κ3) is 1.69. The molecule has 2 nitrogen and oxygen atoms in total. The molecule has 0 radical (unpaired) electrons.